The number of hydrogen-bond acceptors (Lipinski definition) is 2. The Morgan fingerprint density at radius 3 is 2.33 bits per heavy atom. The molecule has 0 aromatic heterocycles. The zero-order valence-corrected chi connectivity index (χ0v) is 13.0. The van der Waals surface area contributed by atoms with Crippen LogP contribution in [-0.4, -0.2) is 5.97 Å². The molecule has 1 aromatic carbocycles. The number of rotatable bonds is 5. The van der Waals surface area contributed by atoms with Crippen LogP contribution in [0.1, 0.15) is 50.7 Å². The first kappa shape index (κ1) is 15.6. The van der Waals surface area contributed by atoms with Gasteiger partial charge in [0.15, 0.2) is 0 Å². The highest BCUT2D eigenvalue weighted by Crippen LogP contribution is 2.43. The minimum atomic E-state index is -0.577. The molecule has 1 aromatic rings. The van der Waals surface area contributed by atoms with Gasteiger partial charge in [0.1, 0.15) is 5.60 Å². The Balaban J connectivity index is 2.35. The molecule has 1 aliphatic rings. The fourth-order valence-corrected chi connectivity index (χ4v) is 3.08. The van der Waals surface area contributed by atoms with Crippen LogP contribution < -0.4 is 0 Å². The lowest BCUT2D eigenvalue weighted by Gasteiger charge is -2.36. The molecule has 0 radical (unpaired) electrons. The van der Waals surface area contributed by atoms with Crippen LogP contribution in [0.2, 0.25) is 0 Å². The quantitative estimate of drug-likeness (QED) is 0.570. The highest BCUT2D eigenvalue weighted by atomic mass is 16.6. The van der Waals surface area contributed by atoms with Gasteiger partial charge in [0.25, 0.3) is 0 Å². The fraction of sp³-hybridized carbons (Fsp3) is 0.421. The lowest BCUT2D eigenvalue weighted by Crippen LogP contribution is -2.36. The third kappa shape index (κ3) is 3.26. The van der Waals surface area contributed by atoms with Crippen LogP contribution in [0.25, 0.3) is 6.08 Å². The Morgan fingerprint density at radius 2 is 1.86 bits per heavy atom. The molecule has 1 aliphatic carbocycles. The molecule has 2 rings (SSSR count). The molecule has 0 bridgehead atoms. The third-order valence-corrected chi connectivity index (χ3v) is 4.51. The molecule has 1 saturated carbocycles. The summed E-state index contributed by atoms with van der Waals surface area (Å²) in [4.78, 5) is 12.1. The van der Waals surface area contributed by atoms with E-state index in [-0.39, 0.29) is 5.97 Å². The van der Waals surface area contributed by atoms with Crippen LogP contribution >= 0.6 is 0 Å². The van der Waals surface area contributed by atoms with E-state index in [0.29, 0.717) is 11.5 Å². The molecule has 0 heterocycles. The standard InChI is InChI=1S/C19H24O2/c1-5-15-10-12-17(13-11-15)19(4,16-8-6-7-9-16)21-18(20)14(2)3/h5,10-13,16H,1-2,6-9H2,3-4H3. The predicted molar refractivity (Wildman–Crippen MR) is 86.7 cm³/mol. The molecular formula is C19H24O2. The monoisotopic (exact) mass is 284 g/mol. The maximum atomic E-state index is 12.1. The second-order valence-electron chi connectivity index (χ2n) is 6.08. The SMILES string of the molecule is C=Cc1ccc(C(C)(OC(=O)C(=C)C)C2CCCC2)cc1. The smallest absolute Gasteiger partial charge is 0.333 e. The fourth-order valence-electron chi connectivity index (χ4n) is 3.08. The van der Waals surface area contributed by atoms with Gasteiger partial charge in [0.2, 0.25) is 0 Å². The van der Waals surface area contributed by atoms with Gasteiger partial charge in [-0.25, -0.2) is 4.79 Å². The molecule has 0 spiro atoms. The van der Waals surface area contributed by atoms with Crippen molar-refractivity contribution >= 4 is 12.0 Å². The number of carbonyl (C=O) groups excluding carboxylic acids is 1. The summed E-state index contributed by atoms with van der Waals surface area (Å²) in [5.74, 6) is 0.0626. The summed E-state index contributed by atoms with van der Waals surface area (Å²) in [5, 5.41) is 0. The molecule has 2 nitrogen and oxygen atoms in total. The van der Waals surface area contributed by atoms with Gasteiger partial charge in [-0.05, 0) is 37.8 Å². The second kappa shape index (κ2) is 6.30. The number of ether oxygens (including phenoxy) is 1. The summed E-state index contributed by atoms with van der Waals surface area (Å²) in [5.41, 5.74) is 1.99. The van der Waals surface area contributed by atoms with Crippen LogP contribution in [0.15, 0.2) is 43.0 Å². The maximum absolute atomic E-state index is 12.1. The van der Waals surface area contributed by atoms with Crippen LogP contribution in [-0.2, 0) is 15.1 Å². The van der Waals surface area contributed by atoms with E-state index in [0.717, 1.165) is 24.0 Å². The first-order valence-electron chi connectivity index (χ1n) is 7.59. The average Bonchev–Trinajstić information content (AvgIpc) is 3.02. The zero-order valence-electron chi connectivity index (χ0n) is 13.0. The predicted octanol–water partition coefficient (Wildman–Crippen LogP) is 4.85. The summed E-state index contributed by atoms with van der Waals surface area (Å²) in [7, 11) is 0. The molecule has 112 valence electrons. The number of carbonyl (C=O) groups is 1. The zero-order chi connectivity index (χ0) is 15.5. The van der Waals surface area contributed by atoms with Gasteiger partial charge in [-0.15, -0.1) is 0 Å². The minimum absolute atomic E-state index is 0.308. The van der Waals surface area contributed by atoms with E-state index in [9.17, 15) is 4.79 Å². The molecule has 1 fully saturated rings. The minimum Gasteiger partial charge on any atom is -0.451 e. The number of esters is 1. The largest absolute Gasteiger partial charge is 0.451 e. The average molecular weight is 284 g/mol. The van der Waals surface area contributed by atoms with Crippen LogP contribution in [0.5, 0.6) is 0 Å². The van der Waals surface area contributed by atoms with Crippen molar-refractivity contribution in [3.8, 4) is 0 Å². The molecule has 1 unspecified atom stereocenters. The van der Waals surface area contributed by atoms with Crippen molar-refractivity contribution < 1.29 is 9.53 Å². The first-order chi connectivity index (χ1) is 9.97. The highest BCUT2D eigenvalue weighted by molar-refractivity contribution is 5.87. The van der Waals surface area contributed by atoms with E-state index in [1.165, 1.54) is 12.8 Å². The van der Waals surface area contributed by atoms with Gasteiger partial charge >= 0.3 is 5.97 Å². The van der Waals surface area contributed by atoms with Crippen molar-refractivity contribution in [3.63, 3.8) is 0 Å². The summed E-state index contributed by atoms with van der Waals surface area (Å²) >= 11 is 0. The van der Waals surface area contributed by atoms with Crippen molar-refractivity contribution in [2.45, 2.75) is 45.1 Å². The first-order valence-corrected chi connectivity index (χ1v) is 7.59. The maximum Gasteiger partial charge on any atom is 0.333 e. The second-order valence-corrected chi connectivity index (χ2v) is 6.08. The molecule has 2 heteroatoms. The summed E-state index contributed by atoms with van der Waals surface area (Å²) < 4.78 is 5.88. The molecular weight excluding hydrogens is 260 g/mol. The lowest BCUT2D eigenvalue weighted by molar-refractivity contribution is -0.160. The van der Waals surface area contributed by atoms with Crippen molar-refractivity contribution in [1.29, 1.82) is 0 Å². The van der Waals surface area contributed by atoms with Gasteiger partial charge in [-0.2, -0.15) is 0 Å². The van der Waals surface area contributed by atoms with Crippen LogP contribution in [0, 0.1) is 5.92 Å². The van der Waals surface area contributed by atoms with Crippen molar-refractivity contribution in [1.82, 2.24) is 0 Å². The molecule has 0 amide bonds. The van der Waals surface area contributed by atoms with E-state index in [1.54, 1.807) is 6.92 Å². The Morgan fingerprint density at radius 1 is 1.29 bits per heavy atom. The van der Waals surface area contributed by atoms with E-state index >= 15 is 0 Å². The van der Waals surface area contributed by atoms with Crippen molar-refractivity contribution in [2.24, 2.45) is 5.92 Å². The number of benzene rings is 1. The van der Waals surface area contributed by atoms with Gasteiger partial charge in [-0.3, -0.25) is 0 Å². The summed E-state index contributed by atoms with van der Waals surface area (Å²) in [6, 6.07) is 8.12. The van der Waals surface area contributed by atoms with E-state index in [1.807, 2.05) is 37.3 Å². The van der Waals surface area contributed by atoms with E-state index in [4.69, 9.17) is 4.74 Å². The van der Waals surface area contributed by atoms with Gasteiger partial charge in [0, 0.05) is 11.5 Å². The van der Waals surface area contributed by atoms with Crippen LogP contribution in [0.3, 0.4) is 0 Å². The van der Waals surface area contributed by atoms with Gasteiger partial charge < -0.3 is 4.74 Å². The van der Waals surface area contributed by atoms with Crippen LogP contribution in [0.4, 0.5) is 0 Å². The third-order valence-electron chi connectivity index (χ3n) is 4.51. The van der Waals surface area contributed by atoms with Gasteiger partial charge in [-0.1, -0.05) is 56.3 Å². The molecule has 0 N–H and O–H groups in total. The molecule has 1 atom stereocenters. The Kier molecular flexibility index (Phi) is 4.66. The Hall–Kier alpha value is -1.83. The van der Waals surface area contributed by atoms with E-state index in [2.05, 4.69) is 13.2 Å². The van der Waals surface area contributed by atoms with Crippen molar-refractivity contribution in [3.05, 3.63) is 54.1 Å². The Labute approximate surface area is 127 Å². The molecule has 0 saturated heterocycles. The van der Waals surface area contributed by atoms with Crippen molar-refractivity contribution in [2.75, 3.05) is 0 Å². The topological polar surface area (TPSA) is 26.3 Å². The van der Waals surface area contributed by atoms with E-state index < -0.39 is 5.60 Å². The summed E-state index contributed by atoms with van der Waals surface area (Å²) in [6.07, 6.45) is 6.42. The number of hydrogen-bond donors (Lipinski definition) is 0. The molecule has 0 aliphatic heterocycles. The highest BCUT2D eigenvalue weighted by Gasteiger charge is 2.41. The van der Waals surface area contributed by atoms with Gasteiger partial charge in [0.05, 0.1) is 0 Å². The lowest BCUT2D eigenvalue weighted by atomic mass is 9.81. The summed E-state index contributed by atoms with van der Waals surface area (Å²) in [6.45, 7) is 11.2. The molecule has 21 heavy (non-hydrogen) atoms. The Bertz CT molecular complexity index is 535. The normalized spacial score (nSPS) is 18.0.